The number of nitrogens with one attached hydrogen (secondary N) is 1. The lowest BCUT2D eigenvalue weighted by molar-refractivity contribution is 0.0851. The second-order valence-electron chi connectivity index (χ2n) is 6.64. The lowest BCUT2D eigenvalue weighted by Crippen LogP contribution is -2.47. The van der Waals surface area contributed by atoms with Crippen molar-refractivity contribution in [2.75, 3.05) is 30.0 Å². The van der Waals surface area contributed by atoms with Crippen molar-refractivity contribution < 1.29 is 13.2 Å². The van der Waals surface area contributed by atoms with Crippen LogP contribution in [-0.4, -0.2) is 55.2 Å². The van der Waals surface area contributed by atoms with Crippen LogP contribution in [-0.2, 0) is 14.6 Å². The van der Waals surface area contributed by atoms with Gasteiger partial charge < -0.3 is 15.0 Å². The van der Waals surface area contributed by atoms with Crippen LogP contribution in [0.3, 0.4) is 0 Å². The van der Waals surface area contributed by atoms with Crippen LogP contribution >= 0.6 is 12.2 Å². The minimum Gasteiger partial charge on any atom is -0.376 e. The minimum absolute atomic E-state index is 0.0657. The summed E-state index contributed by atoms with van der Waals surface area (Å²) in [5, 5.41) is 3.85. The molecule has 2 heterocycles. The molecule has 0 spiro atoms. The average Bonchev–Trinajstić information content (AvgIpc) is 3.14. The van der Waals surface area contributed by atoms with Crippen LogP contribution in [0.5, 0.6) is 0 Å². The van der Waals surface area contributed by atoms with E-state index in [4.69, 9.17) is 17.0 Å². The van der Waals surface area contributed by atoms with Crippen molar-refractivity contribution in [3.05, 3.63) is 29.8 Å². The highest BCUT2D eigenvalue weighted by atomic mass is 32.2. The molecule has 1 N–H and O–H groups in total. The van der Waals surface area contributed by atoms with E-state index in [0.29, 0.717) is 18.1 Å². The molecule has 1 aromatic carbocycles. The van der Waals surface area contributed by atoms with E-state index < -0.39 is 9.84 Å². The Morgan fingerprint density at radius 3 is 2.88 bits per heavy atom. The maximum atomic E-state index is 11.9. The van der Waals surface area contributed by atoms with Crippen molar-refractivity contribution in [1.82, 2.24) is 4.90 Å². The highest BCUT2D eigenvalue weighted by Crippen LogP contribution is 2.22. The van der Waals surface area contributed by atoms with Crippen molar-refractivity contribution in [1.29, 1.82) is 0 Å². The van der Waals surface area contributed by atoms with Gasteiger partial charge in [-0.25, -0.2) is 8.42 Å². The first-order valence-corrected chi connectivity index (χ1v) is 10.6. The van der Waals surface area contributed by atoms with E-state index >= 15 is 0 Å². The van der Waals surface area contributed by atoms with Gasteiger partial charge in [-0.1, -0.05) is 12.1 Å². The number of hydrogen-bond donors (Lipinski definition) is 1. The van der Waals surface area contributed by atoms with Crippen molar-refractivity contribution in [3.8, 4) is 0 Å². The Labute approximate surface area is 149 Å². The van der Waals surface area contributed by atoms with Crippen LogP contribution in [0.25, 0.3) is 0 Å². The molecule has 2 fully saturated rings. The molecule has 2 atom stereocenters. The molecule has 0 saturated carbocycles. The molecule has 2 saturated heterocycles. The quantitative estimate of drug-likeness (QED) is 0.824. The molecule has 3 rings (SSSR count). The molecule has 7 heteroatoms. The lowest BCUT2D eigenvalue weighted by atomic mass is 10.1. The first-order chi connectivity index (χ1) is 11.4. The molecule has 1 aromatic rings. The van der Waals surface area contributed by atoms with Gasteiger partial charge in [-0.3, -0.25) is 0 Å². The van der Waals surface area contributed by atoms with Crippen LogP contribution in [0.1, 0.15) is 24.8 Å². The zero-order valence-corrected chi connectivity index (χ0v) is 15.5. The molecule has 2 aliphatic heterocycles. The van der Waals surface area contributed by atoms with Crippen LogP contribution < -0.4 is 5.32 Å². The monoisotopic (exact) mass is 368 g/mol. The van der Waals surface area contributed by atoms with Crippen LogP contribution in [0.4, 0.5) is 5.69 Å². The molecule has 0 radical (unpaired) electrons. The molecule has 0 aliphatic carbocycles. The Morgan fingerprint density at radius 1 is 1.42 bits per heavy atom. The number of sulfone groups is 1. The van der Waals surface area contributed by atoms with E-state index in [1.807, 2.05) is 36.1 Å². The number of rotatable bonds is 4. The molecule has 0 aromatic heterocycles. The fourth-order valence-corrected chi connectivity index (χ4v) is 5.42. The highest BCUT2D eigenvalue weighted by molar-refractivity contribution is 7.91. The lowest BCUT2D eigenvalue weighted by Gasteiger charge is -2.33. The average molecular weight is 369 g/mol. The van der Waals surface area contributed by atoms with Gasteiger partial charge in [0.2, 0.25) is 0 Å². The fraction of sp³-hybridized carbons (Fsp3) is 0.588. The first-order valence-electron chi connectivity index (χ1n) is 8.39. The Balaban J connectivity index is 1.73. The molecule has 0 bridgehead atoms. The van der Waals surface area contributed by atoms with Crippen LogP contribution in [0.15, 0.2) is 24.3 Å². The number of nitrogens with zero attached hydrogens (tertiary/aromatic N) is 1. The maximum Gasteiger partial charge on any atom is 0.173 e. The molecule has 0 amide bonds. The minimum atomic E-state index is -2.96. The summed E-state index contributed by atoms with van der Waals surface area (Å²) < 4.78 is 29.5. The van der Waals surface area contributed by atoms with Gasteiger partial charge in [0.15, 0.2) is 14.9 Å². The van der Waals surface area contributed by atoms with Gasteiger partial charge in [-0.15, -0.1) is 0 Å². The molecular formula is C17H24N2O3S2. The third-order valence-electron chi connectivity index (χ3n) is 4.60. The van der Waals surface area contributed by atoms with E-state index in [-0.39, 0.29) is 23.7 Å². The van der Waals surface area contributed by atoms with Crippen molar-refractivity contribution in [2.24, 2.45) is 0 Å². The predicted molar refractivity (Wildman–Crippen MR) is 100 cm³/mol. The van der Waals surface area contributed by atoms with Gasteiger partial charge in [-0.05, 0) is 56.1 Å². The van der Waals surface area contributed by atoms with E-state index in [1.165, 1.54) is 0 Å². The summed E-state index contributed by atoms with van der Waals surface area (Å²) in [4.78, 5) is 2.03. The third kappa shape index (κ3) is 4.46. The number of benzene rings is 1. The molecule has 2 aliphatic rings. The number of ether oxygens (including phenoxy) is 1. The predicted octanol–water partition coefficient (Wildman–Crippen LogP) is 2.36. The Kier molecular flexibility index (Phi) is 5.42. The van der Waals surface area contributed by atoms with E-state index in [9.17, 15) is 8.42 Å². The molecule has 0 unspecified atom stereocenters. The van der Waals surface area contributed by atoms with Crippen molar-refractivity contribution in [2.45, 2.75) is 38.3 Å². The van der Waals surface area contributed by atoms with Crippen molar-refractivity contribution >= 4 is 32.9 Å². The SMILES string of the molecule is Cc1cccc(NC(=S)N(C[C@H]2CCCO2)[C@H]2CCS(=O)(=O)C2)c1. The smallest absolute Gasteiger partial charge is 0.173 e. The Hall–Kier alpha value is -1.18. The van der Waals surface area contributed by atoms with E-state index in [2.05, 4.69) is 5.32 Å². The summed E-state index contributed by atoms with van der Waals surface area (Å²) in [6.07, 6.45) is 2.82. The summed E-state index contributed by atoms with van der Waals surface area (Å²) in [5.41, 5.74) is 2.08. The number of anilines is 1. The third-order valence-corrected chi connectivity index (χ3v) is 6.69. The molecular weight excluding hydrogens is 344 g/mol. The van der Waals surface area contributed by atoms with E-state index in [0.717, 1.165) is 30.7 Å². The van der Waals surface area contributed by atoms with Gasteiger partial charge >= 0.3 is 0 Å². The van der Waals surface area contributed by atoms with Crippen LogP contribution in [0, 0.1) is 6.92 Å². The zero-order valence-electron chi connectivity index (χ0n) is 13.9. The fourth-order valence-electron chi connectivity index (χ4n) is 3.34. The summed E-state index contributed by atoms with van der Waals surface area (Å²) in [6, 6.07) is 7.94. The second-order valence-corrected chi connectivity index (χ2v) is 9.26. The summed E-state index contributed by atoms with van der Waals surface area (Å²) in [5.74, 6) is 0.419. The van der Waals surface area contributed by atoms with Gasteiger partial charge in [0.25, 0.3) is 0 Å². The molecule has 24 heavy (non-hydrogen) atoms. The van der Waals surface area contributed by atoms with Crippen LogP contribution in [0.2, 0.25) is 0 Å². The normalized spacial score (nSPS) is 25.5. The van der Waals surface area contributed by atoms with E-state index in [1.54, 1.807) is 0 Å². The van der Waals surface area contributed by atoms with Gasteiger partial charge in [0.1, 0.15) is 0 Å². The molecule has 5 nitrogen and oxygen atoms in total. The maximum absolute atomic E-state index is 11.9. The summed E-state index contributed by atoms with van der Waals surface area (Å²) in [7, 11) is -2.96. The number of thiocarbonyl (C=S) groups is 1. The van der Waals surface area contributed by atoms with Crippen molar-refractivity contribution in [3.63, 3.8) is 0 Å². The largest absolute Gasteiger partial charge is 0.376 e. The first kappa shape index (κ1) is 17.6. The number of aryl methyl sites for hydroxylation is 1. The van der Waals surface area contributed by atoms with Gasteiger partial charge in [0.05, 0.1) is 17.6 Å². The summed E-state index contributed by atoms with van der Waals surface area (Å²) >= 11 is 5.61. The Bertz CT molecular complexity index is 700. The Morgan fingerprint density at radius 2 is 2.25 bits per heavy atom. The number of hydrogen-bond acceptors (Lipinski definition) is 4. The topological polar surface area (TPSA) is 58.6 Å². The zero-order chi connectivity index (χ0) is 17.2. The highest BCUT2D eigenvalue weighted by Gasteiger charge is 2.35. The van der Waals surface area contributed by atoms with Gasteiger partial charge in [0, 0.05) is 24.9 Å². The second kappa shape index (κ2) is 7.37. The molecule has 132 valence electrons. The summed E-state index contributed by atoms with van der Waals surface area (Å²) in [6.45, 7) is 3.46. The van der Waals surface area contributed by atoms with Gasteiger partial charge in [-0.2, -0.15) is 0 Å². The standard InChI is InChI=1S/C17H24N2O3S2/c1-13-4-2-5-14(10-13)18-17(23)19(11-16-6-3-8-22-16)15-7-9-24(20,21)12-15/h2,4-5,10,15-16H,3,6-9,11-12H2,1H3,(H,18,23)/t15-,16+/m0/s1.